The van der Waals surface area contributed by atoms with Crippen LogP contribution in [0.1, 0.15) is 19.8 Å². The monoisotopic (exact) mass is 234 g/mol. The number of carbonyl (C=O) groups excluding carboxylic acids is 1. The number of rotatable bonds is 4. The Hall–Kier alpha value is -1.71. The van der Waals surface area contributed by atoms with E-state index in [-0.39, 0.29) is 12.5 Å². The van der Waals surface area contributed by atoms with Crippen LogP contribution in [-0.4, -0.2) is 18.6 Å². The number of amides is 1. The van der Waals surface area contributed by atoms with Gasteiger partial charge in [-0.25, -0.2) is 0 Å². The van der Waals surface area contributed by atoms with Gasteiger partial charge in [0.2, 0.25) is 0 Å². The molecule has 0 heterocycles. The van der Waals surface area contributed by atoms with E-state index in [2.05, 4.69) is 12.2 Å². The fourth-order valence-electron chi connectivity index (χ4n) is 2.04. The predicted octanol–water partition coefficient (Wildman–Crippen LogP) is 1.56. The lowest BCUT2D eigenvalue weighted by molar-refractivity contribution is -0.124. The van der Waals surface area contributed by atoms with Crippen molar-refractivity contribution in [2.24, 2.45) is 5.92 Å². The van der Waals surface area contributed by atoms with Crippen LogP contribution >= 0.6 is 0 Å². The van der Waals surface area contributed by atoms with E-state index in [0.29, 0.717) is 17.5 Å². The van der Waals surface area contributed by atoms with Gasteiger partial charge in [0.25, 0.3) is 5.91 Å². The minimum atomic E-state index is -0.0654. The molecule has 0 spiro atoms. The van der Waals surface area contributed by atoms with Gasteiger partial charge in [-0.3, -0.25) is 4.79 Å². The normalized spacial score (nSPS) is 22.6. The molecule has 4 nitrogen and oxygen atoms in total. The van der Waals surface area contributed by atoms with Gasteiger partial charge in [-0.2, -0.15) is 0 Å². The average molecular weight is 234 g/mol. The number of benzene rings is 1. The quantitative estimate of drug-likeness (QED) is 0.777. The summed E-state index contributed by atoms with van der Waals surface area (Å²) in [4.78, 5) is 11.5. The Balaban J connectivity index is 1.72. The Bertz CT molecular complexity index is 400. The molecule has 1 aromatic rings. The van der Waals surface area contributed by atoms with Gasteiger partial charge in [0.05, 0.1) is 0 Å². The number of nitrogens with two attached hydrogens (primary N) is 1. The van der Waals surface area contributed by atoms with E-state index in [9.17, 15) is 4.79 Å². The van der Waals surface area contributed by atoms with Gasteiger partial charge in [0.15, 0.2) is 6.61 Å². The summed E-state index contributed by atoms with van der Waals surface area (Å²) in [5, 5.41) is 2.94. The molecule has 0 aliphatic heterocycles. The Morgan fingerprint density at radius 1 is 1.53 bits per heavy atom. The third-order valence-electron chi connectivity index (χ3n) is 2.97. The van der Waals surface area contributed by atoms with Crippen LogP contribution in [0.3, 0.4) is 0 Å². The first-order valence-electron chi connectivity index (χ1n) is 5.91. The highest BCUT2D eigenvalue weighted by Crippen LogP contribution is 2.26. The average Bonchev–Trinajstić information content (AvgIpc) is 2.24. The van der Waals surface area contributed by atoms with Crippen LogP contribution in [-0.2, 0) is 4.79 Å². The Morgan fingerprint density at radius 2 is 2.29 bits per heavy atom. The molecule has 0 unspecified atom stereocenters. The van der Waals surface area contributed by atoms with E-state index in [0.717, 1.165) is 18.8 Å². The van der Waals surface area contributed by atoms with Crippen molar-refractivity contribution in [2.45, 2.75) is 25.8 Å². The molecule has 1 amide bonds. The molecule has 0 atom stereocenters. The number of hydrogen-bond donors (Lipinski definition) is 2. The number of ether oxygens (including phenoxy) is 1. The smallest absolute Gasteiger partial charge is 0.258 e. The van der Waals surface area contributed by atoms with E-state index < -0.39 is 0 Å². The standard InChI is InChI=1S/C13H18N2O2/c1-9-5-11(6-9)15-13(16)8-17-12-4-2-3-10(14)7-12/h2-4,7,9,11H,5-6,8,14H2,1H3,(H,15,16). The van der Waals surface area contributed by atoms with Gasteiger partial charge < -0.3 is 15.8 Å². The Labute approximate surface area is 101 Å². The second-order valence-corrected chi connectivity index (χ2v) is 4.70. The zero-order valence-corrected chi connectivity index (χ0v) is 9.98. The van der Waals surface area contributed by atoms with Gasteiger partial charge in [-0.15, -0.1) is 0 Å². The first-order valence-corrected chi connectivity index (χ1v) is 5.91. The summed E-state index contributed by atoms with van der Waals surface area (Å²) in [7, 11) is 0. The molecular formula is C13H18N2O2. The number of nitrogen functional groups attached to an aromatic ring is 1. The van der Waals surface area contributed by atoms with Crippen LogP contribution in [0.25, 0.3) is 0 Å². The number of anilines is 1. The molecule has 1 aromatic carbocycles. The maximum atomic E-state index is 11.5. The zero-order chi connectivity index (χ0) is 12.3. The van der Waals surface area contributed by atoms with Gasteiger partial charge in [0.1, 0.15) is 5.75 Å². The van der Waals surface area contributed by atoms with Crippen LogP contribution in [0.4, 0.5) is 5.69 Å². The molecule has 2 rings (SSSR count). The van der Waals surface area contributed by atoms with Gasteiger partial charge in [-0.1, -0.05) is 13.0 Å². The van der Waals surface area contributed by atoms with Crippen molar-refractivity contribution >= 4 is 11.6 Å². The molecule has 92 valence electrons. The minimum Gasteiger partial charge on any atom is -0.484 e. The van der Waals surface area contributed by atoms with Crippen molar-refractivity contribution in [3.8, 4) is 5.75 Å². The van der Waals surface area contributed by atoms with Crippen LogP contribution in [0.5, 0.6) is 5.75 Å². The highest BCUT2D eigenvalue weighted by molar-refractivity contribution is 5.78. The molecule has 4 heteroatoms. The summed E-state index contributed by atoms with van der Waals surface area (Å²) in [6.07, 6.45) is 2.15. The molecular weight excluding hydrogens is 216 g/mol. The molecule has 1 fully saturated rings. The van der Waals surface area contributed by atoms with Crippen LogP contribution in [0, 0.1) is 5.92 Å². The highest BCUT2D eigenvalue weighted by Gasteiger charge is 2.26. The SMILES string of the molecule is CC1CC(NC(=O)COc2cccc(N)c2)C1. The maximum Gasteiger partial charge on any atom is 0.258 e. The third kappa shape index (κ3) is 3.37. The van der Waals surface area contributed by atoms with E-state index in [4.69, 9.17) is 10.5 Å². The molecule has 0 saturated heterocycles. The second kappa shape index (κ2) is 5.08. The van der Waals surface area contributed by atoms with Crippen molar-refractivity contribution in [1.29, 1.82) is 0 Å². The summed E-state index contributed by atoms with van der Waals surface area (Å²) in [5.41, 5.74) is 6.25. The van der Waals surface area contributed by atoms with Gasteiger partial charge >= 0.3 is 0 Å². The van der Waals surface area contributed by atoms with E-state index in [1.54, 1.807) is 24.3 Å². The van der Waals surface area contributed by atoms with Crippen molar-refractivity contribution < 1.29 is 9.53 Å². The van der Waals surface area contributed by atoms with Crippen molar-refractivity contribution in [3.05, 3.63) is 24.3 Å². The van der Waals surface area contributed by atoms with Crippen LogP contribution in [0.15, 0.2) is 24.3 Å². The van der Waals surface area contributed by atoms with Crippen molar-refractivity contribution in [1.82, 2.24) is 5.32 Å². The summed E-state index contributed by atoms with van der Waals surface area (Å²) < 4.78 is 5.35. The number of carbonyl (C=O) groups is 1. The molecule has 17 heavy (non-hydrogen) atoms. The molecule has 1 aliphatic carbocycles. The molecule has 1 saturated carbocycles. The van der Waals surface area contributed by atoms with Gasteiger partial charge in [0, 0.05) is 17.8 Å². The molecule has 1 aliphatic rings. The van der Waals surface area contributed by atoms with Crippen molar-refractivity contribution in [3.63, 3.8) is 0 Å². The van der Waals surface area contributed by atoms with Crippen LogP contribution < -0.4 is 15.8 Å². The summed E-state index contributed by atoms with van der Waals surface area (Å²) >= 11 is 0. The second-order valence-electron chi connectivity index (χ2n) is 4.70. The van der Waals surface area contributed by atoms with E-state index >= 15 is 0 Å². The lowest BCUT2D eigenvalue weighted by atomic mass is 9.82. The largest absolute Gasteiger partial charge is 0.484 e. The first kappa shape index (κ1) is 11.8. The van der Waals surface area contributed by atoms with Crippen molar-refractivity contribution in [2.75, 3.05) is 12.3 Å². The molecule has 3 N–H and O–H groups in total. The molecule has 0 radical (unpaired) electrons. The number of hydrogen-bond acceptors (Lipinski definition) is 3. The zero-order valence-electron chi connectivity index (χ0n) is 9.98. The topological polar surface area (TPSA) is 64.3 Å². The number of nitrogens with one attached hydrogen (secondary N) is 1. The van der Waals surface area contributed by atoms with E-state index in [1.807, 2.05) is 0 Å². The lowest BCUT2D eigenvalue weighted by Gasteiger charge is -2.33. The molecule has 0 aromatic heterocycles. The summed E-state index contributed by atoms with van der Waals surface area (Å²) in [5.74, 6) is 1.29. The fraction of sp³-hybridized carbons (Fsp3) is 0.462. The first-order chi connectivity index (χ1) is 8.13. The van der Waals surface area contributed by atoms with Crippen LogP contribution in [0.2, 0.25) is 0 Å². The maximum absolute atomic E-state index is 11.5. The Morgan fingerprint density at radius 3 is 2.94 bits per heavy atom. The fourth-order valence-corrected chi connectivity index (χ4v) is 2.04. The predicted molar refractivity (Wildman–Crippen MR) is 66.7 cm³/mol. The summed E-state index contributed by atoms with van der Waals surface area (Å²) in [6, 6.07) is 7.41. The van der Waals surface area contributed by atoms with Gasteiger partial charge in [-0.05, 0) is 30.9 Å². The third-order valence-corrected chi connectivity index (χ3v) is 2.97. The highest BCUT2D eigenvalue weighted by atomic mass is 16.5. The Kier molecular flexibility index (Phi) is 3.52. The minimum absolute atomic E-state index is 0.0499. The molecule has 0 bridgehead atoms. The lowest BCUT2D eigenvalue weighted by Crippen LogP contribution is -2.45. The van der Waals surface area contributed by atoms with E-state index in [1.165, 1.54) is 0 Å². The summed E-state index contributed by atoms with van der Waals surface area (Å²) in [6.45, 7) is 2.24.